The lowest BCUT2D eigenvalue weighted by Gasteiger charge is -2.04. The van der Waals surface area contributed by atoms with Gasteiger partial charge in [-0.05, 0) is 25.5 Å². The molecule has 0 radical (unpaired) electrons. The molecule has 0 bridgehead atoms. The second-order valence-corrected chi connectivity index (χ2v) is 3.52. The van der Waals surface area contributed by atoms with Gasteiger partial charge in [0.05, 0.1) is 16.9 Å². The van der Waals surface area contributed by atoms with E-state index in [0.29, 0.717) is 5.56 Å². The van der Waals surface area contributed by atoms with Crippen molar-refractivity contribution >= 4 is 6.29 Å². The number of aryl methyl sites for hydroxylation is 2. The van der Waals surface area contributed by atoms with E-state index in [2.05, 4.69) is 5.10 Å². The first-order valence-electron chi connectivity index (χ1n) is 4.80. The van der Waals surface area contributed by atoms with E-state index in [0.717, 1.165) is 23.2 Å². The van der Waals surface area contributed by atoms with Crippen LogP contribution in [-0.4, -0.2) is 16.1 Å². The zero-order chi connectivity index (χ0) is 10.8. The number of carbonyl (C=O) groups excluding carboxylic acids is 1. The molecule has 0 aliphatic carbocycles. The third kappa shape index (κ3) is 1.68. The van der Waals surface area contributed by atoms with Crippen LogP contribution in [0.4, 0.5) is 0 Å². The van der Waals surface area contributed by atoms with Gasteiger partial charge in [-0.3, -0.25) is 4.79 Å². The summed E-state index contributed by atoms with van der Waals surface area (Å²) in [4.78, 5) is 10.7. The van der Waals surface area contributed by atoms with Crippen LogP contribution in [0.25, 0.3) is 5.69 Å². The quantitative estimate of drug-likeness (QED) is 0.697. The van der Waals surface area contributed by atoms with Crippen LogP contribution >= 0.6 is 0 Å². The molecule has 0 unspecified atom stereocenters. The molecular formula is C12H12N2O. The highest BCUT2D eigenvalue weighted by Gasteiger charge is 2.06. The lowest BCUT2D eigenvalue weighted by Crippen LogP contribution is -1.97. The average Bonchev–Trinajstić information content (AvgIpc) is 2.60. The van der Waals surface area contributed by atoms with E-state index in [1.165, 1.54) is 0 Å². The molecule has 0 fully saturated rings. The average molecular weight is 200 g/mol. The summed E-state index contributed by atoms with van der Waals surface area (Å²) in [6.45, 7) is 3.85. The molecule has 0 aliphatic heterocycles. The number of hydrogen-bond acceptors (Lipinski definition) is 2. The number of aromatic nitrogens is 2. The van der Waals surface area contributed by atoms with Crippen LogP contribution in [0.3, 0.4) is 0 Å². The first-order valence-corrected chi connectivity index (χ1v) is 4.80. The molecule has 0 amide bonds. The molecule has 0 N–H and O–H groups in total. The molecular weight excluding hydrogens is 188 g/mol. The van der Waals surface area contributed by atoms with Crippen molar-refractivity contribution in [3.63, 3.8) is 0 Å². The lowest BCUT2D eigenvalue weighted by molar-refractivity contribution is 0.112. The van der Waals surface area contributed by atoms with Crippen molar-refractivity contribution in [1.29, 1.82) is 0 Å². The van der Waals surface area contributed by atoms with Crippen LogP contribution in [0.2, 0.25) is 0 Å². The van der Waals surface area contributed by atoms with Gasteiger partial charge in [0.25, 0.3) is 0 Å². The van der Waals surface area contributed by atoms with Crippen molar-refractivity contribution in [2.75, 3.05) is 0 Å². The molecule has 1 aromatic heterocycles. The highest BCUT2D eigenvalue weighted by atomic mass is 16.1. The standard InChI is InChI=1S/C12H12N2O/c1-9-5-3-4-6-12(9)14-7-11(8-15)10(2)13-14/h3-8H,1-2H3. The van der Waals surface area contributed by atoms with E-state index >= 15 is 0 Å². The van der Waals surface area contributed by atoms with Gasteiger partial charge >= 0.3 is 0 Å². The van der Waals surface area contributed by atoms with Crippen molar-refractivity contribution in [3.8, 4) is 5.69 Å². The Balaban J connectivity index is 2.55. The minimum Gasteiger partial charge on any atom is -0.298 e. The van der Waals surface area contributed by atoms with E-state index in [-0.39, 0.29) is 0 Å². The van der Waals surface area contributed by atoms with E-state index in [4.69, 9.17) is 0 Å². The maximum Gasteiger partial charge on any atom is 0.153 e. The van der Waals surface area contributed by atoms with Crippen LogP contribution in [-0.2, 0) is 0 Å². The highest BCUT2D eigenvalue weighted by molar-refractivity contribution is 5.76. The zero-order valence-corrected chi connectivity index (χ0v) is 8.77. The Bertz CT molecular complexity index is 500. The maximum absolute atomic E-state index is 10.7. The smallest absolute Gasteiger partial charge is 0.153 e. The fourth-order valence-electron chi connectivity index (χ4n) is 1.53. The molecule has 1 aromatic carbocycles. The Labute approximate surface area is 88.4 Å². The molecule has 2 aromatic rings. The van der Waals surface area contributed by atoms with Crippen molar-refractivity contribution in [3.05, 3.63) is 47.3 Å². The molecule has 15 heavy (non-hydrogen) atoms. The zero-order valence-electron chi connectivity index (χ0n) is 8.77. The van der Waals surface area contributed by atoms with Crippen molar-refractivity contribution in [2.45, 2.75) is 13.8 Å². The topological polar surface area (TPSA) is 34.9 Å². The van der Waals surface area contributed by atoms with E-state index in [1.54, 1.807) is 10.9 Å². The van der Waals surface area contributed by atoms with Gasteiger partial charge in [-0.2, -0.15) is 5.10 Å². The first-order chi connectivity index (χ1) is 7.22. The number of hydrogen-bond donors (Lipinski definition) is 0. The molecule has 3 heteroatoms. The Morgan fingerprint density at radius 1 is 1.27 bits per heavy atom. The van der Waals surface area contributed by atoms with Gasteiger partial charge in [-0.1, -0.05) is 18.2 Å². The SMILES string of the molecule is Cc1ccccc1-n1cc(C=O)c(C)n1. The van der Waals surface area contributed by atoms with Crippen LogP contribution in [0.5, 0.6) is 0 Å². The predicted molar refractivity (Wildman–Crippen MR) is 58.4 cm³/mol. The summed E-state index contributed by atoms with van der Waals surface area (Å²) >= 11 is 0. The van der Waals surface area contributed by atoms with Crippen LogP contribution in [0.15, 0.2) is 30.5 Å². The van der Waals surface area contributed by atoms with Crippen molar-refractivity contribution in [2.24, 2.45) is 0 Å². The minimum atomic E-state index is 0.637. The summed E-state index contributed by atoms with van der Waals surface area (Å²) < 4.78 is 1.74. The summed E-state index contributed by atoms with van der Waals surface area (Å²) in [6.07, 6.45) is 2.59. The van der Waals surface area contributed by atoms with E-state index < -0.39 is 0 Å². The number of nitrogens with zero attached hydrogens (tertiary/aromatic N) is 2. The molecule has 2 rings (SSSR count). The molecule has 0 aliphatic rings. The third-order valence-electron chi connectivity index (χ3n) is 2.43. The Morgan fingerprint density at radius 2 is 2.00 bits per heavy atom. The first kappa shape index (κ1) is 9.65. The van der Waals surface area contributed by atoms with Gasteiger partial charge in [0.15, 0.2) is 6.29 Å². The Morgan fingerprint density at radius 3 is 2.60 bits per heavy atom. The number of rotatable bonds is 2. The maximum atomic E-state index is 10.7. The third-order valence-corrected chi connectivity index (χ3v) is 2.43. The summed E-state index contributed by atoms with van der Waals surface area (Å²) in [5.41, 5.74) is 3.54. The summed E-state index contributed by atoms with van der Waals surface area (Å²) in [7, 11) is 0. The Hall–Kier alpha value is -1.90. The summed E-state index contributed by atoms with van der Waals surface area (Å²) in [5, 5.41) is 4.30. The van der Waals surface area contributed by atoms with E-state index in [1.807, 2.05) is 38.1 Å². The van der Waals surface area contributed by atoms with Gasteiger partial charge in [-0.25, -0.2) is 4.68 Å². The predicted octanol–water partition coefficient (Wildman–Crippen LogP) is 2.30. The van der Waals surface area contributed by atoms with Crippen LogP contribution < -0.4 is 0 Å². The van der Waals surface area contributed by atoms with Gasteiger partial charge in [0, 0.05) is 6.20 Å². The normalized spacial score (nSPS) is 10.3. The summed E-state index contributed by atoms with van der Waals surface area (Å²) in [5.74, 6) is 0. The number of carbonyl (C=O) groups is 1. The second kappa shape index (κ2) is 3.69. The molecule has 0 atom stereocenters. The fourth-order valence-corrected chi connectivity index (χ4v) is 1.53. The van der Waals surface area contributed by atoms with E-state index in [9.17, 15) is 4.79 Å². The van der Waals surface area contributed by atoms with Crippen LogP contribution in [0.1, 0.15) is 21.6 Å². The summed E-state index contributed by atoms with van der Waals surface area (Å²) in [6, 6.07) is 7.94. The van der Waals surface area contributed by atoms with Crippen LogP contribution in [0, 0.1) is 13.8 Å². The van der Waals surface area contributed by atoms with Gasteiger partial charge in [0.2, 0.25) is 0 Å². The number of benzene rings is 1. The molecule has 0 saturated carbocycles. The van der Waals surface area contributed by atoms with Gasteiger partial charge in [0.1, 0.15) is 0 Å². The fraction of sp³-hybridized carbons (Fsp3) is 0.167. The largest absolute Gasteiger partial charge is 0.298 e. The second-order valence-electron chi connectivity index (χ2n) is 3.52. The highest BCUT2D eigenvalue weighted by Crippen LogP contribution is 2.14. The molecule has 76 valence electrons. The van der Waals surface area contributed by atoms with Gasteiger partial charge < -0.3 is 0 Å². The molecule has 0 saturated heterocycles. The molecule has 3 nitrogen and oxygen atoms in total. The van der Waals surface area contributed by atoms with Gasteiger partial charge in [-0.15, -0.1) is 0 Å². The van der Waals surface area contributed by atoms with Crippen molar-refractivity contribution in [1.82, 2.24) is 9.78 Å². The molecule has 1 heterocycles. The molecule has 0 spiro atoms. The number of para-hydroxylation sites is 1. The monoisotopic (exact) mass is 200 g/mol. The van der Waals surface area contributed by atoms with Crippen molar-refractivity contribution < 1.29 is 4.79 Å². The number of aldehydes is 1. The lowest BCUT2D eigenvalue weighted by atomic mass is 10.2. The minimum absolute atomic E-state index is 0.637. The Kier molecular flexibility index (Phi) is 2.37.